The molecule has 0 aliphatic heterocycles. The van der Waals surface area contributed by atoms with Crippen molar-refractivity contribution in [1.29, 1.82) is 0 Å². The van der Waals surface area contributed by atoms with Crippen molar-refractivity contribution in [1.82, 2.24) is 20.1 Å². The molecule has 1 aromatic carbocycles. The van der Waals surface area contributed by atoms with E-state index in [1.165, 1.54) is 18.3 Å². The van der Waals surface area contributed by atoms with E-state index in [0.717, 1.165) is 10.7 Å². The Bertz CT molecular complexity index is 1260. The van der Waals surface area contributed by atoms with Gasteiger partial charge in [-0.25, -0.2) is 9.67 Å². The number of anilines is 1. The highest BCUT2D eigenvalue weighted by Crippen LogP contribution is 2.28. The summed E-state index contributed by atoms with van der Waals surface area (Å²) in [6.45, 7) is 3.58. The minimum Gasteiger partial charge on any atom is -0.467 e. The molecule has 2 N–H and O–H groups in total. The Balaban J connectivity index is 2.04. The van der Waals surface area contributed by atoms with Crippen molar-refractivity contribution in [3.8, 4) is 11.7 Å². The van der Waals surface area contributed by atoms with E-state index in [-0.39, 0.29) is 38.8 Å². The van der Waals surface area contributed by atoms with Crippen LogP contribution in [-0.4, -0.2) is 45.4 Å². The van der Waals surface area contributed by atoms with Crippen molar-refractivity contribution >= 4 is 29.1 Å². The highest BCUT2D eigenvalue weighted by Gasteiger charge is 2.30. The Morgan fingerprint density at radius 3 is 2.57 bits per heavy atom. The second-order valence-electron chi connectivity index (χ2n) is 7.74. The molecule has 2 amide bonds. The number of aryl methyl sites for hydroxylation is 1. The van der Waals surface area contributed by atoms with Crippen LogP contribution in [0.15, 0.2) is 36.5 Å². The number of rotatable bonds is 7. The first kappa shape index (κ1) is 26.3. The smallest absolute Gasteiger partial charge is 0.422 e. The van der Waals surface area contributed by atoms with E-state index in [4.69, 9.17) is 27.9 Å². The third-order valence-corrected chi connectivity index (χ3v) is 4.99. The first-order chi connectivity index (χ1) is 16.4. The van der Waals surface area contributed by atoms with Gasteiger partial charge < -0.3 is 15.4 Å². The summed E-state index contributed by atoms with van der Waals surface area (Å²) >= 11 is 11.3. The van der Waals surface area contributed by atoms with Gasteiger partial charge >= 0.3 is 6.18 Å². The molecule has 0 saturated heterocycles. The molecule has 13 heteroatoms. The number of halogens is 5. The second-order valence-corrected chi connectivity index (χ2v) is 8.61. The Morgan fingerprint density at radius 1 is 1.23 bits per heavy atom. The summed E-state index contributed by atoms with van der Waals surface area (Å²) in [4.78, 5) is 30.1. The van der Waals surface area contributed by atoms with Gasteiger partial charge in [0, 0.05) is 29.4 Å². The highest BCUT2D eigenvalue weighted by atomic mass is 35.5. The lowest BCUT2D eigenvalue weighted by atomic mass is 10.1. The van der Waals surface area contributed by atoms with E-state index in [2.05, 4.69) is 20.7 Å². The number of aromatic nitrogens is 3. The van der Waals surface area contributed by atoms with Crippen LogP contribution in [-0.2, 0) is 0 Å². The maximum atomic E-state index is 13.3. The van der Waals surface area contributed by atoms with Gasteiger partial charge in [-0.2, -0.15) is 13.2 Å². The van der Waals surface area contributed by atoms with Crippen LogP contribution in [0.1, 0.15) is 40.3 Å². The topological polar surface area (TPSA) is 98.1 Å². The van der Waals surface area contributed by atoms with Gasteiger partial charge in [0.1, 0.15) is 5.69 Å². The van der Waals surface area contributed by atoms with E-state index in [1.54, 1.807) is 32.9 Å². The summed E-state index contributed by atoms with van der Waals surface area (Å²) in [5, 5.41) is 9.79. The average Bonchev–Trinajstić information content (AvgIpc) is 3.17. The predicted molar refractivity (Wildman–Crippen MR) is 120 cm³/mol. The van der Waals surface area contributed by atoms with Crippen LogP contribution >= 0.6 is 11.6 Å². The lowest BCUT2D eigenvalue weighted by Gasteiger charge is -2.16. The maximum absolute atomic E-state index is 13.3. The SMILES string of the molecule is Cc1cc(Cl)cc(C(=O)NC(C)C)c1NC(=O)c1cc(OCC(F)(F)F)nn1-c1ncccc1[ClH+]. The summed E-state index contributed by atoms with van der Waals surface area (Å²) in [5.41, 5.74) is 0.554. The second kappa shape index (κ2) is 10.5. The van der Waals surface area contributed by atoms with Crippen LogP contribution < -0.4 is 15.4 Å². The number of nitrogens with one attached hydrogen (secondary N) is 2. The van der Waals surface area contributed by atoms with Gasteiger partial charge in [0.05, 0.1) is 11.3 Å². The highest BCUT2D eigenvalue weighted by molar-refractivity contribution is 6.31. The molecule has 186 valence electrons. The van der Waals surface area contributed by atoms with Crippen molar-refractivity contribution in [2.45, 2.75) is 33.0 Å². The molecule has 0 radical (unpaired) electrons. The average molecular weight is 531 g/mol. The minimum absolute atomic E-state index is 0.0418. The van der Waals surface area contributed by atoms with Gasteiger partial charge in [-0.3, -0.25) is 9.59 Å². The molecule has 0 aliphatic rings. The van der Waals surface area contributed by atoms with Crippen molar-refractivity contribution in [2.75, 3.05) is 11.9 Å². The van der Waals surface area contributed by atoms with E-state index < -0.39 is 30.5 Å². The zero-order valence-corrected chi connectivity index (χ0v) is 20.3. The molecule has 35 heavy (non-hydrogen) atoms. The molecule has 0 atom stereocenters. The standard InChI is InChI=1S/C22H20Cl2F3N5O3/c1-11(2)29-20(33)14-8-13(23)7-12(3)18(14)30-21(34)16-9-17(35-10-22(25,26)27)31-32(16)19-15(24)5-4-6-28-19/h4-9,11,24H,10H2,1-3H3,(H-,29,30,33,34)/p+1. The number of carbonyl (C=O) groups excluding carboxylic acids is 2. The lowest BCUT2D eigenvalue weighted by molar-refractivity contribution is -0.289. The summed E-state index contributed by atoms with van der Waals surface area (Å²) in [6.07, 6.45) is -3.22. The fraction of sp³-hybridized carbons (Fsp3) is 0.273. The summed E-state index contributed by atoms with van der Waals surface area (Å²) in [6, 6.07) is 6.89. The molecule has 8 nitrogen and oxygen atoms in total. The number of hydrogen-bond acceptors (Lipinski definition) is 5. The Hall–Kier alpha value is -3.31. The number of benzene rings is 1. The molecule has 3 aromatic rings. The summed E-state index contributed by atoms with van der Waals surface area (Å²) in [7, 11) is 0. The van der Waals surface area contributed by atoms with Crippen molar-refractivity contribution < 1.29 is 39.1 Å². The third-order valence-electron chi connectivity index (χ3n) is 4.46. The molecule has 0 aliphatic carbocycles. The molecule has 0 saturated carbocycles. The largest absolute Gasteiger partial charge is 0.467 e. The van der Waals surface area contributed by atoms with Crippen LogP contribution in [0.4, 0.5) is 18.9 Å². The zero-order valence-electron chi connectivity index (χ0n) is 18.7. The quantitative estimate of drug-likeness (QED) is 0.475. The Kier molecular flexibility index (Phi) is 7.91. The lowest BCUT2D eigenvalue weighted by Crippen LogP contribution is -2.31. The van der Waals surface area contributed by atoms with Gasteiger partial charge in [-0.1, -0.05) is 11.6 Å². The van der Waals surface area contributed by atoms with E-state index >= 15 is 0 Å². The fourth-order valence-electron chi connectivity index (χ4n) is 3.06. The van der Waals surface area contributed by atoms with Gasteiger partial charge in [0.2, 0.25) is 11.7 Å². The molecule has 0 unspecified atom stereocenters. The fourth-order valence-corrected chi connectivity index (χ4v) is 3.55. The predicted octanol–water partition coefficient (Wildman–Crippen LogP) is 4.26. The summed E-state index contributed by atoms with van der Waals surface area (Å²) < 4.78 is 43.7. The molecule has 0 spiro atoms. The molecule has 2 heterocycles. The van der Waals surface area contributed by atoms with Crippen LogP contribution in [0.2, 0.25) is 10.0 Å². The normalized spacial score (nSPS) is 11.5. The number of nitrogens with zero attached hydrogens (tertiary/aromatic N) is 3. The van der Waals surface area contributed by atoms with Crippen LogP contribution in [0.3, 0.4) is 0 Å². The molecule has 0 bridgehead atoms. The molecule has 3 rings (SSSR count). The van der Waals surface area contributed by atoms with Crippen molar-refractivity contribution in [3.63, 3.8) is 0 Å². The molecular formula is C22H21Cl2F3N5O3+. The van der Waals surface area contributed by atoms with Gasteiger partial charge in [-0.15, -0.1) is 5.10 Å². The van der Waals surface area contributed by atoms with Gasteiger partial charge in [-0.05, 0) is 44.5 Å². The third kappa shape index (κ3) is 6.64. The number of hydrogen-bond donors (Lipinski definition) is 2. The zero-order chi connectivity index (χ0) is 25.9. The van der Waals surface area contributed by atoms with Crippen molar-refractivity contribution in [2.24, 2.45) is 0 Å². The van der Waals surface area contributed by atoms with Gasteiger partial charge in [0.25, 0.3) is 16.8 Å². The number of carbonyl (C=O) groups is 2. The number of amides is 2. The van der Waals surface area contributed by atoms with E-state index in [9.17, 15) is 22.8 Å². The minimum atomic E-state index is -4.61. The number of pyridine rings is 1. The first-order valence-electron chi connectivity index (χ1n) is 10.2. The monoisotopic (exact) mass is 530 g/mol. The first-order valence-corrected chi connectivity index (χ1v) is 11.0. The van der Waals surface area contributed by atoms with E-state index in [1.807, 2.05) is 0 Å². The molecular weight excluding hydrogens is 510 g/mol. The maximum Gasteiger partial charge on any atom is 0.422 e. The number of ether oxygens (including phenoxy) is 1. The summed E-state index contributed by atoms with van der Waals surface area (Å²) in [5.74, 6) is -1.68. The van der Waals surface area contributed by atoms with Crippen molar-refractivity contribution in [3.05, 3.63) is 63.4 Å². The Labute approximate surface area is 208 Å². The van der Waals surface area contributed by atoms with E-state index in [0.29, 0.717) is 5.56 Å². The number of alkyl halides is 3. The molecule has 2 aromatic heterocycles. The Morgan fingerprint density at radius 2 is 1.94 bits per heavy atom. The van der Waals surface area contributed by atoms with Crippen LogP contribution in [0.25, 0.3) is 5.82 Å². The van der Waals surface area contributed by atoms with Gasteiger partial charge in [0.15, 0.2) is 18.2 Å². The molecule has 0 fully saturated rings. The van der Waals surface area contributed by atoms with Crippen LogP contribution in [0, 0.1) is 18.5 Å². The van der Waals surface area contributed by atoms with Crippen LogP contribution in [0.5, 0.6) is 5.88 Å².